The number of amides is 3. The number of aromatic nitrogens is 2. The first-order chi connectivity index (χ1) is 12.7. The van der Waals surface area contributed by atoms with E-state index in [0.717, 1.165) is 18.2 Å². The highest BCUT2D eigenvalue weighted by atomic mass is 19.1. The molecule has 1 unspecified atom stereocenters. The Morgan fingerprint density at radius 2 is 1.96 bits per heavy atom. The molecule has 5 N–H and O–H groups in total. The maximum absolute atomic E-state index is 13.9. The summed E-state index contributed by atoms with van der Waals surface area (Å²) in [6.07, 6.45) is 0.149. The van der Waals surface area contributed by atoms with Gasteiger partial charge in [0.1, 0.15) is 23.1 Å². The monoisotopic (exact) mass is 379 g/mol. The van der Waals surface area contributed by atoms with Crippen molar-refractivity contribution in [3.05, 3.63) is 35.7 Å². The zero-order chi connectivity index (χ0) is 19.8. The number of nitrogens with zero attached hydrogens (tertiary/aromatic N) is 2. The van der Waals surface area contributed by atoms with E-state index in [9.17, 15) is 23.2 Å². The van der Waals surface area contributed by atoms with Crippen molar-refractivity contribution in [2.45, 2.75) is 25.3 Å². The highest BCUT2D eigenvalue weighted by molar-refractivity contribution is 6.07. The van der Waals surface area contributed by atoms with Crippen LogP contribution in [0.25, 0.3) is 11.4 Å². The molecule has 0 spiro atoms. The van der Waals surface area contributed by atoms with Crippen molar-refractivity contribution in [3.8, 4) is 11.4 Å². The first-order valence-corrected chi connectivity index (χ1v) is 7.91. The molecule has 0 saturated heterocycles. The molecule has 2 aromatic rings. The van der Waals surface area contributed by atoms with Crippen molar-refractivity contribution < 1.29 is 27.7 Å². The molecule has 1 fully saturated rings. The largest absolute Gasteiger partial charge is 0.370 e. The van der Waals surface area contributed by atoms with Crippen LogP contribution in [0.3, 0.4) is 0 Å². The average Bonchev–Trinajstić information content (AvgIpc) is 3.28. The Kier molecular flexibility index (Phi) is 4.60. The molecular weight excluding hydrogens is 364 g/mol. The fraction of sp³-hybridized carbons (Fsp3) is 0.312. The highest BCUT2D eigenvalue weighted by Crippen LogP contribution is 2.46. The number of halogens is 2. The Labute approximate surface area is 151 Å². The van der Waals surface area contributed by atoms with Crippen LogP contribution in [0, 0.1) is 17.0 Å². The van der Waals surface area contributed by atoms with Gasteiger partial charge in [0.25, 0.3) is 0 Å². The summed E-state index contributed by atoms with van der Waals surface area (Å²) in [4.78, 5) is 39.0. The Morgan fingerprint density at radius 3 is 2.56 bits per heavy atom. The van der Waals surface area contributed by atoms with Crippen molar-refractivity contribution >= 4 is 17.7 Å². The van der Waals surface area contributed by atoms with Gasteiger partial charge in [-0.15, -0.1) is 0 Å². The van der Waals surface area contributed by atoms with Crippen molar-refractivity contribution in [1.82, 2.24) is 15.5 Å². The van der Waals surface area contributed by atoms with Gasteiger partial charge in [0, 0.05) is 0 Å². The molecule has 11 heteroatoms. The lowest BCUT2D eigenvalue weighted by molar-refractivity contribution is -0.136. The average molecular weight is 379 g/mol. The molecule has 27 heavy (non-hydrogen) atoms. The van der Waals surface area contributed by atoms with E-state index in [2.05, 4.69) is 15.5 Å². The number of nitrogens with one attached hydrogen (secondary N) is 1. The van der Waals surface area contributed by atoms with Crippen molar-refractivity contribution in [1.29, 1.82) is 0 Å². The van der Waals surface area contributed by atoms with Crippen LogP contribution in [-0.4, -0.2) is 27.9 Å². The zero-order valence-corrected chi connectivity index (χ0v) is 13.9. The van der Waals surface area contributed by atoms with Crippen LogP contribution in [0.2, 0.25) is 0 Å². The highest BCUT2D eigenvalue weighted by Gasteiger charge is 2.56. The Bertz CT molecular complexity index is 925. The van der Waals surface area contributed by atoms with Crippen molar-refractivity contribution in [2.75, 3.05) is 0 Å². The van der Waals surface area contributed by atoms with Gasteiger partial charge >= 0.3 is 0 Å². The van der Waals surface area contributed by atoms with Crippen LogP contribution < -0.4 is 16.8 Å². The lowest BCUT2D eigenvalue weighted by Crippen LogP contribution is -2.43. The van der Waals surface area contributed by atoms with E-state index in [1.807, 2.05) is 0 Å². The summed E-state index contributed by atoms with van der Waals surface area (Å²) in [6, 6.07) is 1.55. The Hall–Kier alpha value is -3.37. The fourth-order valence-electron chi connectivity index (χ4n) is 2.56. The molecule has 1 aromatic heterocycles. The molecule has 0 bridgehead atoms. The first kappa shape index (κ1) is 18.4. The first-order valence-electron chi connectivity index (χ1n) is 7.91. The maximum Gasteiger partial charge on any atom is 0.250 e. The molecule has 0 aliphatic heterocycles. The predicted molar refractivity (Wildman–Crippen MR) is 85.2 cm³/mol. The second-order valence-corrected chi connectivity index (χ2v) is 6.22. The maximum atomic E-state index is 13.9. The van der Waals surface area contributed by atoms with E-state index in [1.54, 1.807) is 0 Å². The summed E-state index contributed by atoms with van der Waals surface area (Å²) in [6.45, 7) is 0. The number of rotatable bonds is 7. The van der Waals surface area contributed by atoms with Crippen LogP contribution in [0.5, 0.6) is 0 Å². The number of hydrogen-bond donors (Lipinski definition) is 3. The smallest absolute Gasteiger partial charge is 0.250 e. The summed E-state index contributed by atoms with van der Waals surface area (Å²) < 4.78 is 32.2. The van der Waals surface area contributed by atoms with Gasteiger partial charge in [-0.2, -0.15) is 4.98 Å². The molecule has 1 atom stereocenters. The molecule has 1 aromatic carbocycles. The standard InChI is InChI=1S/C16H15F2N5O4/c17-7-1-2-9(18)8(5-7)12-22-13(27-23-12)10(6-11(19)24)21-15(26)16(3-4-16)14(20)25/h1-2,5,10H,3-4,6H2,(H2,19,24)(H2,20,25)(H,21,26). The van der Waals surface area contributed by atoms with Crippen LogP contribution in [0.1, 0.15) is 31.2 Å². The summed E-state index contributed by atoms with van der Waals surface area (Å²) in [7, 11) is 0. The number of nitrogens with two attached hydrogens (primary N) is 2. The van der Waals surface area contributed by atoms with E-state index in [0.29, 0.717) is 0 Å². The zero-order valence-electron chi connectivity index (χ0n) is 13.9. The topological polar surface area (TPSA) is 154 Å². The van der Waals surface area contributed by atoms with Crippen LogP contribution in [-0.2, 0) is 14.4 Å². The van der Waals surface area contributed by atoms with Crippen LogP contribution >= 0.6 is 0 Å². The van der Waals surface area contributed by atoms with Crippen LogP contribution in [0.15, 0.2) is 22.7 Å². The number of carbonyl (C=O) groups excluding carboxylic acids is 3. The number of primary amides is 2. The SMILES string of the molecule is NC(=O)CC(NC(=O)C1(C(N)=O)CC1)c1nc(-c2cc(F)ccc2F)no1. The minimum atomic E-state index is -1.34. The molecule has 3 rings (SSSR count). The minimum Gasteiger partial charge on any atom is -0.370 e. The Balaban J connectivity index is 1.87. The molecule has 9 nitrogen and oxygen atoms in total. The second kappa shape index (κ2) is 6.74. The van der Waals surface area contributed by atoms with Crippen molar-refractivity contribution in [3.63, 3.8) is 0 Å². The summed E-state index contributed by atoms with van der Waals surface area (Å²) in [5.41, 5.74) is 8.81. The molecule has 1 aliphatic rings. The van der Waals surface area contributed by atoms with E-state index in [-0.39, 0.29) is 30.1 Å². The third kappa shape index (κ3) is 3.61. The quantitative estimate of drug-likeness (QED) is 0.588. The summed E-state index contributed by atoms with van der Waals surface area (Å²) >= 11 is 0. The van der Waals surface area contributed by atoms with Gasteiger partial charge in [-0.05, 0) is 31.0 Å². The normalized spacial score (nSPS) is 15.8. The van der Waals surface area contributed by atoms with Gasteiger partial charge in [-0.25, -0.2) is 8.78 Å². The minimum absolute atomic E-state index is 0.249. The lowest BCUT2D eigenvalue weighted by atomic mass is 10.0. The van der Waals surface area contributed by atoms with E-state index < -0.39 is 47.2 Å². The number of hydrogen-bond acceptors (Lipinski definition) is 6. The van der Waals surface area contributed by atoms with Gasteiger partial charge in [-0.3, -0.25) is 14.4 Å². The van der Waals surface area contributed by atoms with Gasteiger partial charge in [0.2, 0.25) is 29.4 Å². The van der Waals surface area contributed by atoms with E-state index in [4.69, 9.17) is 16.0 Å². The molecular formula is C16H15F2N5O4. The van der Waals surface area contributed by atoms with Crippen molar-refractivity contribution in [2.24, 2.45) is 16.9 Å². The number of benzene rings is 1. The molecule has 1 heterocycles. The van der Waals surface area contributed by atoms with E-state index >= 15 is 0 Å². The molecule has 0 radical (unpaired) electrons. The third-order valence-electron chi connectivity index (χ3n) is 4.28. The molecule has 1 saturated carbocycles. The number of carbonyl (C=O) groups is 3. The van der Waals surface area contributed by atoms with Crippen LogP contribution in [0.4, 0.5) is 8.78 Å². The fourth-order valence-corrected chi connectivity index (χ4v) is 2.56. The van der Waals surface area contributed by atoms with Gasteiger partial charge in [0.15, 0.2) is 0 Å². The predicted octanol–water partition coefficient (Wildman–Crippen LogP) is 0.313. The third-order valence-corrected chi connectivity index (χ3v) is 4.28. The van der Waals surface area contributed by atoms with Gasteiger partial charge in [-0.1, -0.05) is 5.16 Å². The summed E-state index contributed by atoms with van der Waals surface area (Å²) in [5.74, 6) is -4.30. The van der Waals surface area contributed by atoms with Gasteiger partial charge in [0.05, 0.1) is 12.0 Å². The Morgan fingerprint density at radius 1 is 1.26 bits per heavy atom. The lowest BCUT2D eigenvalue weighted by Gasteiger charge is -2.17. The molecule has 3 amide bonds. The van der Waals surface area contributed by atoms with Gasteiger partial charge < -0.3 is 21.3 Å². The summed E-state index contributed by atoms with van der Waals surface area (Å²) in [5, 5.41) is 5.98. The molecule has 1 aliphatic carbocycles. The molecule has 142 valence electrons. The van der Waals surface area contributed by atoms with E-state index in [1.165, 1.54) is 0 Å². The second-order valence-electron chi connectivity index (χ2n) is 6.22.